The quantitative estimate of drug-likeness (QED) is 0.718. The minimum atomic E-state index is -0.546. The molecule has 0 bridgehead atoms. The molecular weight excluding hydrogens is 379 g/mol. The fraction of sp³-hybridized carbons (Fsp3) is 0.238. The lowest BCUT2D eigenvalue weighted by Crippen LogP contribution is -2.35. The highest BCUT2D eigenvalue weighted by Gasteiger charge is 2.23. The molecule has 0 spiro atoms. The smallest absolute Gasteiger partial charge is 0.256 e. The number of carbonyl (C=O) groups excluding carboxylic acids is 1. The zero-order valence-corrected chi connectivity index (χ0v) is 16.0. The first-order valence-electron chi connectivity index (χ1n) is 9.22. The van der Waals surface area contributed by atoms with E-state index in [9.17, 15) is 9.18 Å². The second-order valence-corrected chi connectivity index (χ2v) is 7.20. The normalized spacial score (nSPS) is 14.8. The number of H-pyrrole nitrogens is 1. The summed E-state index contributed by atoms with van der Waals surface area (Å²) in [6.45, 7) is 2.48. The van der Waals surface area contributed by atoms with E-state index in [0.717, 1.165) is 30.0 Å². The van der Waals surface area contributed by atoms with Gasteiger partial charge in [-0.25, -0.2) is 4.39 Å². The molecule has 2 heterocycles. The molecule has 0 unspecified atom stereocenters. The maximum Gasteiger partial charge on any atom is 0.256 e. The van der Waals surface area contributed by atoms with Crippen molar-refractivity contribution in [2.24, 2.45) is 0 Å². The van der Waals surface area contributed by atoms with E-state index in [1.54, 1.807) is 4.90 Å². The Hall–Kier alpha value is -2.86. The van der Waals surface area contributed by atoms with Crippen LogP contribution in [0.5, 0.6) is 0 Å². The van der Waals surface area contributed by atoms with Crippen molar-refractivity contribution in [3.05, 3.63) is 71.0 Å². The molecule has 1 aliphatic rings. The van der Waals surface area contributed by atoms with Gasteiger partial charge in [-0.3, -0.25) is 9.89 Å². The van der Waals surface area contributed by atoms with Crippen LogP contribution in [-0.2, 0) is 0 Å². The van der Waals surface area contributed by atoms with E-state index < -0.39 is 5.82 Å². The summed E-state index contributed by atoms with van der Waals surface area (Å²) in [4.78, 5) is 16.6. The molecule has 7 heteroatoms. The van der Waals surface area contributed by atoms with E-state index in [-0.39, 0.29) is 11.5 Å². The maximum absolute atomic E-state index is 14.1. The minimum Gasteiger partial charge on any atom is -0.353 e. The van der Waals surface area contributed by atoms with Crippen molar-refractivity contribution in [3.8, 4) is 11.3 Å². The summed E-state index contributed by atoms with van der Waals surface area (Å²) in [6, 6.07) is 16.1. The summed E-state index contributed by atoms with van der Waals surface area (Å²) >= 11 is 5.93. The molecule has 3 aromatic rings. The van der Waals surface area contributed by atoms with Gasteiger partial charge in [0.2, 0.25) is 0 Å². The monoisotopic (exact) mass is 398 g/mol. The predicted molar refractivity (Wildman–Crippen MR) is 108 cm³/mol. The average Bonchev–Trinajstić information content (AvgIpc) is 3.08. The first kappa shape index (κ1) is 18.5. The Balaban J connectivity index is 1.46. The molecular formula is C21H20ClFN4O. The van der Waals surface area contributed by atoms with Crippen LogP contribution in [0.25, 0.3) is 11.3 Å². The number of rotatable bonds is 3. The van der Waals surface area contributed by atoms with Crippen LogP contribution in [-0.4, -0.2) is 47.2 Å². The molecule has 1 N–H and O–H groups in total. The highest BCUT2D eigenvalue weighted by molar-refractivity contribution is 6.31. The fourth-order valence-electron chi connectivity index (χ4n) is 3.42. The van der Waals surface area contributed by atoms with Gasteiger partial charge >= 0.3 is 0 Å². The largest absolute Gasteiger partial charge is 0.353 e. The molecule has 1 saturated heterocycles. The van der Waals surface area contributed by atoms with E-state index in [4.69, 9.17) is 11.6 Å². The molecule has 0 saturated carbocycles. The zero-order valence-electron chi connectivity index (χ0n) is 15.2. The van der Waals surface area contributed by atoms with Crippen LogP contribution in [0.15, 0.2) is 54.6 Å². The standard InChI is InChI=1S/C21H20ClFN4O/c22-16-7-8-18(23)17(13-16)21(28)27-10-4-9-26(11-12-27)20-14-19(24-25-20)15-5-2-1-3-6-15/h1-3,5-8,13-14H,4,9-12H2,(H,24,25). The first-order chi connectivity index (χ1) is 13.6. The fourth-order valence-corrected chi connectivity index (χ4v) is 3.59. The van der Waals surface area contributed by atoms with Gasteiger partial charge in [0.1, 0.15) is 5.82 Å². The molecule has 2 aromatic carbocycles. The third kappa shape index (κ3) is 3.87. The molecule has 1 aromatic heterocycles. The highest BCUT2D eigenvalue weighted by Crippen LogP contribution is 2.23. The molecule has 28 heavy (non-hydrogen) atoms. The lowest BCUT2D eigenvalue weighted by atomic mass is 10.1. The van der Waals surface area contributed by atoms with Crippen LogP contribution in [0.1, 0.15) is 16.8 Å². The molecule has 1 aliphatic heterocycles. The van der Waals surface area contributed by atoms with Gasteiger partial charge in [0.15, 0.2) is 5.82 Å². The molecule has 0 atom stereocenters. The summed E-state index contributed by atoms with van der Waals surface area (Å²) < 4.78 is 14.1. The Kier molecular flexibility index (Phi) is 5.30. The van der Waals surface area contributed by atoms with Gasteiger partial charge in [-0.15, -0.1) is 0 Å². The number of aromatic nitrogens is 2. The van der Waals surface area contributed by atoms with Gasteiger partial charge in [-0.05, 0) is 30.2 Å². The number of halogens is 2. The van der Waals surface area contributed by atoms with E-state index in [1.165, 1.54) is 18.2 Å². The van der Waals surface area contributed by atoms with Gasteiger partial charge in [0.25, 0.3) is 5.91 Å². The number of amides is 1. The van der Waals surface area contributed by atoms with E-state index in [1.807, 2.05) is 36.4 Å². The van der Waals surface area contributed by atoms with Crippen molar-refractivity contribution in [3.63, 3.8) is 0 Å². The Bertz CT molecular complexity index is 976. The highest BCUT2D eigenvalue weighted by atomic mass is 35.5. The number of nitrogens with one attached hydrogen (secondary N) is 1. The van der Waals surface area contributed by atoms with Gasteiger partial charge < -0.3 is 9.80 Å². The molecule has 1 amide bonds. The van der Waals surface area contributed by atoms with Gasteiger partial charge in [-0.2, -0.15) is 5.10 Å². The van der Waals surface area contributed by atoms with Crippen LogP contribution < -0.4 is 4.90 Å². The molecule has 4 rings (SSSR count). The number of benzene rings is 2. The van der Waals surface area contributed by atoms with Crippen LogP contribution in [0.2, 0.25) is 5.02 Å². The van der Waals surface area contributed by atoms with Gasteiger partial charge in [0, 0.05) is 37.3 Å². The lowest BCUT2D eigenvalue weighted by Gasteiger charge is -2.22. The summed E-state index contributed by atoms with van der Waals surface area (Å²) in [6.07, 6.45) is 0.779. The summed E-state index contributed by atoms with van der Waals surface area (Å²) in [5.74, 6) is -0.0220. The Labute approximate surface area is 167 Å². The van der Waals surface area contributed by atoms with Gasteiger partial charge in [0.05, 0.1) is 11.3 Å². The third-order valence-corrected chi connectivity index (χ3v) is 5.15. The number of hydrogen-bond donors (Lipinski definition) is 1. The van der Waals surface area contributed by atoms with Crippen molar-refractivity contribution >= 4 is 23.3 Å². The zero-order chi connectivity index (χ0) is 19.5. The topological polar surface area (TPSA) is 52.2 Å². The first-order valence-corrected chi connectivity index (χ1v) is 9.60. The van der Waals surface area contributed by atoms with E-state index in [0.29, 0.717) is 24.7 Å². The maximum atomic E-state index is 14.1. The van der Waals surface area contributed by atoms with Crippen LogP contribution in [0, 0.1) is 5.82 Å². The predicted octanol–water partition coefficient (Wildman–Crippen LogP) is 4.22. The molecule has 5 nitrogen and oxygen atoms in total. The van der Waals surface area contributed by atoms with Crippen molar-refractivity contribution < 1.29 is 9.18 Å². The van der Waals surface area contributed by atoms with Crippen LogP contribution in [0.4, 0.5) is 10.2 Å². The molecule has 0 radical (unpaired) electrons. The average molecular weight is 399 g/mol. The van der Waals surface area contributed by atoms with Crippen LogP contribution in [0.3, 0.4) is 0 Å². The van der Waals surface area contributed by atoms with Crippen molar-refractivity contribution in [1.82, 2.24) is 15.1 Å². The number of aromatic amines is 1. The minimum absolute atomic E-state index is 0.0204. The number of carbonyl (C=O) groups is 1. The summed E-state index contributed by atoms with van der Waals surface area (Å²) in [7, 11) is 0. The Morgan fingerprint density at radius 1 is 1.04 bits per heavy atom. The second-order valence-electron chi connectivity index (χ2n) is 6.76. The van der Waals surface area contributed by atoms with Crippen molar-refractivity contribution in [1.29, 1.82) is 0 Å². The van der Waals surface area contributed by atoms with Crippen molar-refractivity contribution in [2.75, 3.05) is 31.1 Å². The summed E-state index contributed by atoms with van der Waals surface area (Å²) in [5.41, 5.74) is 2.05. The van der Waals surface area contributed by atoms with Gasteiger partial charge in [-0.1, -0.05) is 41.9 Å². The Morgan fingerprint density at radius 3 is 2.68 bits per heavy atom. The van der Waals surface area contributed by atoms with E-state index >= 15 is 0 Å². The van der Waals surface area contributed by atoms with Crippen LogP contribution >= 0.6 is 11.6 Å². The number of hydrogen-bond acceptors (Lipinski definition) is 3. The second kappa shape index (κ2) is 8.02. The number of nitrogens with zero attached hydrogens (tertiary/aromatic N) is 3. The lowest BCUT2D eigenvalue weighted by molar-refractivity contribution is 0.0762. The third-order valence-electron chi connectivity index (χ3n) is 4.92. The van der Waals surface area contributed by atoms with E-state index in [2.05, 4.69) is 15.1 Å². The SMILES string of the molecule is O=C(c1cc(Cl)ccc1F)N1CCCN(c2cc(-c3ccccc3)[nH]n2)CC1. The van der Waals surface area contributed by atoms with Crippen molar-refractivity contribution in [2.45, 2.75) is 6.42 Å². The number of anilines is 1. The Morgan fingerprint density at radius 2 is 1.86 bits per heavy atom. The molecule has 144 valence electrons. The summed E-state index contributed by atoms with van der Waals surface area (Å²) in [5, 5.41) is 7.86. The molecule has 1 fully saturated rings. The molecule has 0 aliphatic carbocycles.